The van der Waals surface area contributed by atoms with E-state index in [4.69, 9.17) is 11.6 Å². The van der Waals surface area contributed by atoms with Crippen LogP contribution in [0.1, 0.15) is 26.3 Å². The maximum atomic E-state index is 12.5. The predicted octanol–water partition coefficient (Wildman–Crippen LogP) is 5.30. The van der Waals surface area contributed by atoms with Gasteiger partial charge in [-0.15, -0.1) is 0 Å². The molecule has 0 aliphatic carbocycles. The minimum absolute atomic E-state index is 0.0798. The lowest BCUT2D eigenvalue weighted by Gasteiger charge is -2.33. The number of halogens is 4. The first-order valence-corrected chi connectivity index (χ1v) is 7.42. The highest BCUT2D eigenvalue weighted by Gasteiger charge is 2.31. The van der Waals surface area contributed by atoms with Gasteiger partial charge in [-0.25, -0.2) is 0 Å². The van der Waals surface area contributed by atoms with E-state index in [-0.39, 0.29) is 15.8 Å². The monoisotopic (exact) mass is 311 g/mol. The maximum absolute atomic E-state index is 12.5. The number of hydrogen-bond acceptors (Lipinski definition) is 2. The van der Waals surface area contributed by atoms with Crippen LogP contribution in [-0.2, 0) is 6.18 Å². The molecule has 1 aromatic rings. The molecule has 0 amide bonds. The number of hydrogen-bond donors (Lipinski definition) is 1. The number of anilines is 1. The molecule has 19 heavy (non-hydrogen) atoms. The van der Waals surface area contributed by atoms with E-state index in [0.717, 1.165) is 12.1 Å². The molecule has 0 saturated heterocycles. The van der Waals surface area contributed by atoms with Crippen molar-refractivity contribution in [2.24, 2.45) is 0 Å². The van der Waals surface area contributed by atoms with E-state index in [1.165, 1.54) is 6.07 Å². The van der Waals surface area contributed by atoms with E-state index >= 15 is 0 Å². The Morgan fingerprint density at radius 2 is 1.84 bits per heavy atom. The summed E-state index contributed by atoms with van der Waals surface area (Å²) in [6.45, 7) is 6.03. The van der Waals surface area contributed by atoms with E-state index in [0.29, 0.717) is 5.69 Å². The lowest BCUT2D eigenvalue weighted by molar-refractivity contribution is -0.137. The van der Waals surface area contributed by atoms with Gasteiger partial charge in [-0.1, -0.05) is 18.5 Å². The highest BCUT2D eigenvalue weighted by Crippen LogP contribution is 2.35. The van der Waals surface area contributed by atoms with Gasteiger partial charge >= 0.3 is 6.18 Å². The van der Waals surface area contributed by atoms with Crippen LogP contribution in [0.5, 0.6) is 0 Å². The van der Waals surface area contributed by atoms with E-state index in [2.05, 4.69) is 12.2 Å². The Hall–Kier alpha value is -0.550. The molecule has 0 aromatic heterocycles. The summed E-state index contributed by atoms with van der Waals surface area (Å²) >= 11 is 7.60. The van der Waals surface area contributed by atoms with Crippen molar-refractivity contribution in [3.8, 4) is 0 Å². The number of thioether (sulfide) groups is 1. The molecule has 1 atom stereocenters. The van der Waals surface area contributed by atoms with Crippen molar-refractivity contribution in [2.75, 3.05) is 11.6 Å². The van der Waals surface area contributed by atoms with E-state index in [1.807, 2.05) is 20.1 Å². The van der Waals surface area contributed by atoms with Crippen LogP contribution in [0, 0.1) is 0 Å². The van der Waals surface area contributed by atoms with Gasteiger partial charge in [0.1, 0.15) is 0 Å². The molecule has 1 rings (SSSR count). The van der Waals surface area contributed by atoms with Crippen molar-refractivity contribution in [1.82, 2.24) is 0 Å². The molecule has 0 fully saturated rings. The molecule has 0 aliphatic heterocycles. The second kappa shape index (κ2) is 5.83. The van der Waals surface area contributed by atoms with Crippen LogP contribution >= 0.6 is 23.4 Å². The Kier molecular flexibility index (Phi) is 5.07. The van der Waals surface area contributed by atoms with E-state index in [1.54, 1.807) is 11.8 Å². The predicted molar refractivity (Wildman–Crippen MR) is 77.1 cm³/mol. The zero-order valence-corrected chi connectivity index (χ0v) is 12.8. The Morgan fingerprint density at radius 1 is 1.26 bits per heavy atom. The normalized spacial score (nSPS) is 14.3. The molecular formula is C13H17ClF3NS. The highest BCUT2D eigenvalue weighted by molar-refractivity contribution is 7.99. The Balaban J connectivity index is 2.99. The quantitative estimate of drug-likeness (QED) is 0.809. The van der Waals surface area contributed by atoms with Crippen LogP contribution in [0.4, 0.5) is 18.9 Å². The zero-order valence-electron chi connectivity index (χ0n) is 11.2. The fraction of sp³-hybridized carbons (Fsp3) is 0.538. The zero-order chi connectivity index (χ0) is 14.8. The van der Waals surface area contributed by atoms with Gasteiger partial charge < -0.3 is 5.32 Å². The summed E-state index contributed by atoms with van der Waals surface area (Å²) in [5, 5.41) is 3.56. The van der Waals surface area contributed by atoms with Crippen molar-refractivity contribution in [3.05, 3.63) is 28.8 Å². The van der Waals surface area contributed by atoms with Crippen molar-refractivity contribution in [2.45, 2.75) is 37.7 Å². The first-order chi connectivity index (χ1) is 8.58. The van der Waals surface area contributed by atoms with Crippen LogP contribution in [0.15, 0.2) is 18.2 Å². The van der Waals surface area contributed by atoms with Gasteiger partial charge in [0.05, 0.1) is 16.3 Å². The number of benzene rings is 1. The molecule has 108 valence electrons. The van der Waals surface area contributed by atoms with Crippen molar-refractivity contribution in [3.63, 3.8) is 0 Å². The molecule has 1 nitrogen and oxygen atoms in total. The fourth-order valence-corrected chi connectivity index (χ4v) is 2.41. The molecule has 0 aliphatic rings. The Labute approximate surface area is 120 Å². The third-order valence-electron chi connectivity index (χ3n) is 3.12. The maximum Gasteiger partial charge on any atom is 0.416 e. The highest BCUT2D eigenvalue weighted by atomic mass is 35.5. The molecule has 6 heteroatoms. The summed E-state index contributed by atoms with van der Waals surface area (Å²) in [5.74, 6) is 0. The van der Waals surface area contributed by atoms with Crippen LogP contribution in [-0.4, -0.2) is 17.0 Å². The molecule has 0 heterocycles. The number of alkyl halides is 3. The molecule has 0 radical (unpaired) electrons. The summed E-state index contributed by atoms with van der Waals surface area (Å²) in [6.07, 6.45) is -2.38. The van der Waals surface area contributed by atoms with Crippen LogP contribution in [0.2, 0.25) is 5.02 Å². The van der Waals surface area contributed by atoms with Crippen LogP contribution in [0.3, 0.4) is 0 Å². The summed E-state index contributed by atoms with van der Waals surface area (Å²) in [6, 6.07) is 3.36. The third kappa shape index (κ3) is 4.21. The lowest BCUT2D eigenvalue weighted by Crippen LogP contribution is -2.40. The average molecular weight is 312 g/mol. The summed E-state index contributed by atoms with van der Waals surface area (Å²) in [5.41, 5.74) is -0.498. The smallest absolute Gasteiger partial charge is 0.378 e. The van der Waals surface area contributed by atoms with Crippen LogP contribution in [0.25, 0.3) is 0 Å². The van der Waals surface area contributed by atoms with Crippen molar-refractivity contribution in [1.29, 1.82) is 0 Å². The molecule has 1 N–H and O–H groups in total. The van der Waals surface area contributed by atoms with Crippen molar-refractivity contribution >= 4 is 29.1 Å². The van der Waals surface area contributed by atoms with E-state index < -0.39 is 11.7 Å². The van der Waals surface area contributed by atoms with Gasteiger partial charge in [0.25, 0.3) is 0 Å². The first-order valence-electron chi connectivity index (χ1n) is 5.75. The molecule has 0 spiro atoms. The van der Waals surface area contributed by atoms with Gasteiger partial charge in [-0.2, -0.15) is 24.9 Å². The summed E-state index contributed by atoms with van der Waals surface area (Å²) in [4.78, 5) is 0. The summed E-state index contributed by atoms with van der Waals surface area (Å²) < 4.78 is 37.6. The topological polar surface area (TPSA) is 12.0 Å². The van der Waals surface area contributed by atoms with Crippen LogP contribution < -0.4 is 5.32 Å². The van der Waals surface area contributed by atoms with Gasteiger partial charge in [0.2, 0.25) is 0 Å². The van der Waals surface area contributed by atoms with Gasteiger partial charge in [-0.3, -0.25) is 0 Å². The minimum atomic E-state index is -4.37. The largest absolute Gasteiger partial charge is 0.416 e. The molecule has 1 aromatic carbocycles. The molecule has 1 unspecified atom stereocenters. The van der Waals surface area contributed by atoms with Gasteiger partial charge in [-0.05, 0) is 38.3 Å². The first kappa shape index (κ1) is 16.5. The van der Waals surface area contributed by atoms with Gasteiger partial charge in [0, 0.05) is 10.8 Å². The second-order valence-electron chi connectivity index (χ2n) is 4.92. The number of rotatable bonds is 4. The molecular weight excluding hydrogens is 295 g/mol. The SMILES string of the molecule is CSC(C)C(C)(C)Nc1ccc(C(F)(F)F)cc1Cl. The lowest BCUT2D eigenvalue weighted by atomic mass is 10.0. The average Bonchev–Trinajstić information content (AvgIpc) is 2.29. The Morgan fingerprint density at radius 3 is 2.26 bits per heavy atom. The molecule has 0 bridgehead atoms. The molecule has 0 saturated carbocycles. The van der Waals surface area contributed by atoms with Gasteiger partial charge in [0.15, 0.2) is 0 Å². The third-order valence-corrected chi connectivity index (χ3v) is 4.73. The van der Waals surface area contributed by atoms with Crippen molar-refractivity contribution < 1.29 is 13.2 Å². The Bertz CT molecular complexity index is 446. The summed E-state index contributed by atoms with van der Waals surface area (Å²) in [7, 11) is 0. The fourth-order valence-electron chi connectivity index (χ4n) is 1.54. The number of nitrogens with one attached hydrogen (secondary N) is 1. The van der Waals surface area contributed by atoms with E-state index in [9.17, 15) is 13.2 Å². The standard InChI is InChI=1S/C13H17ClF3NS/c1-8(19-4)12(2,3)18-11-6-5-9(7-10(11)14)13(15,16)17/h5-8,18H,1-4H3. The minimum Gasteiger partial charge on any atom is -0.378 e. The second-order valence-corrected chi connectivity index (χ2v) is 6.50.